The maximum Gasteiger partial charge on any atom is 0.277 e. The lowest BCUT2D eigenvalue weighted by atomic mass is 10.2. The molecule has 1 N–H and O–H groups in total. The molecule has 0 heterocycles. The van der Waals surface area contributed by atoms with Crippen molar-refractivity contribution in [3.05, 3.63) is 69.2 Å². The van der Waals surface area contributed by atoms with Gasteiger partial charge >= 0.3 is 0 Å². The number of hydrogen-bond donors (Lipinski definition) is 1. The van der Waals surface area contributed by atoms with Crippen molar-refractivity contribution in [1.29, 1.82) is 0 Å². The molecule has 4 nitrogen and oxygen atoms in total. The number of nitrogens with one attached hydrogen (secondary N) is 1. The molecule has 0 aliphatic heterocycles. The molecule has 7 heteroatoms. The van der Waals surface area contributed by atoms with E-state index in [-0.39, 0.29) is 17.4 Å². The van der Waals surface area contributed by atoms with Crippen LogP contribution >= 0.6 is 34.8 Å². The van der Waals surface area contributed by atoms with Crippen LogP contribution in [0.2, 0.25) is 15.1 Å². The summed E-state index contributed by atoms with van der Waals surface area (Å²) in [7, 11) is 0. The number of amides is 1. The van der Waals surface area contributed by atoms with Crippen LogP contribution in [-0.2, 0) is 4.79 Å². The molecule has 2 aromatic rings. The fourth-order valence-electron chi connectivity index (χ4n) is 1.76. The average molecular weight is 398 g/mol. The third-order valence-electron chi connectivity index (χ3n) is 3.01. The first kappa shape index (κ1) is 19.3. The first-order valence-corrected chi connectivity index (χ1v) is 8.42. The van der Waals surface area contributed by atoms with Crippen molar-refractivity contribution < 1.29 is 9.53 Å². The number of carbonyl (C=O) groups is 1. The van der Waals surface area contributed by atoms with Crippen molar-refractivity contribution in [2.45, 2.75) is 6.92 Å². The Morgan fingerprint density at radius 2 is 1.80 bits per heavy atom. The zero-order valence-electron chi connectivity index (χ0n) is 13.3. The van der Waals surface area contributed by atoms with E-state index in [0.29, 0.717) is 15.8 Å². The van der Waals surface area contributed by atoms with Gasteiger partial charge in [0.15, 0.2) is 6.61 Å². The Kier molecular flexibility index (Phi) is 7.31. The number of allylic oxidation sites excluding steroid dienone is 1. The summed E-state index contributed by atoms with van der Waals surface area (Å²) >= 11 is 17.7. The third kappa shape index (κ3) is 6.42. The fraction of sp³-hybridized carbons (Fsp3) is 0.111. The summed E-state index contributed by atoms with van der Waals surface area (Å²) in [4.78, 5) is 11.8. The minimum absolute atomic E-state index is 0.253. The second kappa shape index (κ2) is 9.47. The molecule has 0 bridgehead atoms. The summed E-state index contributed by atoms with van der Waals surface area (Å²) in [5, 5.41) is 4.85. The van der Waals surface area contributed by atoms with Crippen molar-refractivity contribution in [3.8, 4) is 5.75 Å². The Bertz CT molecular complexity index is 805. The zero-order valence-corrected chi connectivity index (χ0v) is 15.6. The highest BCUT2D eigenvalue weighted by Gasteiger charge is 2.09. The molecule has 1 amide bonds. The summed E-state index contributed by atoms with van der Waals surface area (Å²) in [6.45, 7) is 1.52. The second-order valence-corrected chi connectivity index (χ2v) is 6.24. The summed E-state index contributed by atoms with van der Waals surface area (Å²) in [5.41, 5.74) is 4.09. The maximum atomic E-state index is 11.8. The minimum atomic E-state index is -0.422. The second-order valence-electron chi connectivity index (χ2n) is 5.02. The molecule has 0 fully saturated rings. The van der Waals surface area contributed by atoms with Gasteiger partial charge in [0.25, 0.3) is 5.91 Å². The SMILES string of the molecule is CC(C=Cc1ccccc1)=NNC(=O)COc1cc(Cl)c(Cl)cc1Cl. The molecule has 25 heavy (non-hydrogen) atoms. The Labute approximate surface area is 161 Å². The van der Waals surface area contributed by atoms with Gasteiger partial charge < -0.3 is 4.74 Å². The minimum Gasteiger partial charge on any atom is -0.482 e. The molecular formula is C18H15Cl3N2O2. The summed E-state index contributed by atoms with van der Waals surface area (Å²) in [5.74, 6) is -0.148. The smallest absolute Gasteiger partial charge is 0.277 e. The van der Waals surface area contributed by atoms with E-state index in [1.807, 2.05) is 36.4 Å². The van der Waals surface area contributed by atoms with Gasteiger partial charge in [-0.15, -0.1) is 0 Å². The van der Waals surface area contributed by atoms with Gasteiger partial charge in [-0.3, -0.25) is 4.79 Å². The lowest BCUT2D eigenvalue weighted by Gasteiger charge is -2.08. The number of benzene rings is 2. The van der Waals surface area contributed by atoms with Gasteiger partial charge in [-0.1, -0.05) is 71.2 Å². The van der Waals surface area contributed by atoms with Crippen LogP contribution in [0, 0.1) is 0 Å². The third-order valence-corrected chi connectivity index (χ3v) is 4.02. The maximum absolute atomic E-state index is 11.8. The largest absolute Gasteiger partial charge is 0.482 e. The molecule has 0 aliphatic rings. The van der Waals surface area contributed by atoms with Gasteiger partial charge in [-0.25, -0.2) is 5.43 Å². The number of hydrogen-bond acceptors (Lipinski definition) is 3. The van der Waals surface area contributed by atoms with Gasteiger partial charge in [0.05, 0.1) is 20.8 Å². The lowest BCUT2D eigenvalue weighted by Crippen LogP contribution is -2.25. The molecule has 2 aromatic carbocycles. The molecule has 0 radical (unpaired) electrons. The van der Waals surface area contributed by atoms with E-state index < -0.39 is 5.91 Å². The van der Waals surface area contributed by atoms with Gasteiger partial charge in [0.1, 0.15) is 5.75 Å². The average Bonchev–Trinajstić information content (AvgIpc) is 2.61. The molecule has 0 aliphatic carbocycles. The van der Waals surface area contributed by atoms with Crippen molar-refractivity contribution in [3.63, 3.8) is 0 Å². The van der Waals surface area contributed by atoms with E-state index in [1.54, 1.807) is 13.0 Å². The van der Waals surface area contributed by atoms with Crippen LogP contribution in [0.15, 0.2) is 53.6 Å². The van der Waals surface area contributed by atoms with E-state index in [4.69, 9.17) is 39.5 Å². The van der Waals surface area contributed by atoms with Crippen LogP contribution in [-0.4, -0.2) is 18.2 Å². The van der Waals surface area contributed by atoms with Crippen LogP contribution in [0.5, 0.6) is 5.75 Å². The molecule has 0 spiro atoms. The number of nitrogens with zero attached hydrogens (tertiary/aromatic N) is 1. The lowest BCUT2D eigenvalue weighted by molar-refractivity contribution is -0.123. The van der Waals surface area contributed by atoms with Crippen molar-refractivity contribution in [2.24, 2.45) is 5.10 Å². The van der Waals surface area contributed by atoms with E-state index in [9.17, 15) is 4.79 Å². The summed E-state index contributed by atoms with van der Waals surface area (Å²) < 4.78 is 5.32. The number of rotatable bonds is 6. The van der Waals surface area contributed by atoms with E-state index >= 15 is 0 Å². The highest BCUT2D eigenvalue weighted by molar-refractivity contribution is 6.43. The van der Waals surface area contributed by atoms with Crippen molar-refractivity contribution in [2.75, 3.05) is 6.61 Å². The number of hydrazone groups is 1. The number of halogens is 3. The molecule has 130 valence electrons. The predicted octanol–water partition coefficient (Wildman–Crippen LogP) is 5.23. The standard InChI is InChI=1S/C18H15Cl3N2O2/c1-12(7-8-13-5-3-2-4-6-13)22-23-18(24)11-25-17-10-15(20)14(19)9-16(17)21/h2-10H,11H2,1H3,(H,23,24). The Morgan fingerprint density at radius 3 is 2.52 bits per heavy atom. The summed E-state index contributed by atoms with van der Waals surface area (Å²) in [6, 6.07) is 12.7. The molecular weight excluding hydrogens is 383 g/mol. The topological polar surface area (TPSA) is 50.7 Å². The molecule has 0 aromatic heterocycles. The Morgan fingerprint density at radius 1 is 1.12 bits per heavy atom. The monoisotopic (exact) mass is 396 g/mol. The zero-order chi connectivity index (χ0) is 18.2. The molecule has 0 saturated heterocycles. The highest BCUT2D eigenvalue weighted by atomic mass is 35.5. The molecule has 0 atom stereocenters. The van der Waals surface area contributed by atoms with Gasteiger partial charge in [0, 0.05) is 6.07 Å². The fourth-order valence-corrected chi connectivity index (χ4v) is 2.35. The Hall–Kier alpha value is -2.01. The normalized spacial score (nSPS) is 11.6. The van der Waals surface area contributed by atoms with E-state index in [0.717, 1.165) is 5.56 Å². The Balaban J connectivity index is 1.86. The highest BCUT2D eigenvalue weighted by Crippen LogP contribution is 2.33. The van der Waals surface area contributed by atoms with Crippen LogP contribution in [0.1, 0.15) is 12.5 Å². The van der Waals surface area contributed by atoms with Crippen LogP contribution in [0.25, 0.3) is 6.08 Å². The molecule has 0 saturated carbocycles. The van der Waals surface area contributed by atoms with Crippen LogP contribution in [0.3, 0.4) is 0 Å². The van der Waals surface area contributed by atoms with Gasteiger partial charge in [-0.05, 0) is 24.6 Å². The number of ether oxygens (including phenoxy) is 1. The first-order chi connectivity index (χ1) is 12.0. The van der Waals surface area contributed by atoms with Gasteiger partial charge in [-0.2, -0.15) is 5.10 Å². The van der Waals surface area contributed by atoms with E-state index in [2.05, 4.69) is 10.5 Å². The quantitative estimate of drug-likeness (QED) is 0.412. The van der Waals surface area contributed by atoms with Gasteiger partial charge in [0.2, 0.25) is 0 Å². The first-order valence-electron chi connectivity index (χ1n) is 7.29. The molecule has 2 rings (SSSR count). The van der Waals surface area contributed by atoms with Crippen molar-refractivity contribution >= 4 is 52.5 Å². The van der Waals surface area contributed by atoms with Crippen molar-refractivity contribution in [1.82, 2.24) is 5.43 Å². The predicted molar refractivity (Wildman–Crippen MR) is 104 cm³/mol. The van der Waals surface area contributed by atoms with E-state index in [1.165, 1.54) is 12.1 Å². The number of carbonyl (C=O) groups excluding carboxylic acids is 1. The van der Waals surface area contributed by atoms with Crippen LogP contribution < -0.4 is 10.2 Å². The van der Waals surface area contributed by atoms with Crippen LogP contribution in [0.4, 0.5) is 0 Å². The summed E-state index contributed by atoms with van der Waals surface area (Å²) in [6.07, 6.45) is 3.70. The molecule has 0 unspecified atom stereocenters.